The van der Waals surface area contributed by atoms with Crippen LogP contribution in [0.4, 0.5) is 0 Å². The molecule has 1 aliphatic rings. The van der Waals surface area contributed by atoms with Crippen molar-refractivity contribution in [2.45, 2.75) is 45.3 Å². The van der Waals surface area contributed by atoms with Crippen molar-refractivity contribution < 1.29 is 5.11 Å². The first kappa shape index (κ1) is 10.7. The summed E-state index contributed by atoms with van der Waals surface area (Å²) in [4.78, 5) is 3.99. The van der Waals surface area contributed by atoms with Gasteiger partial charge in [-0.15, -0.1) is 0 Å². The maximum atomic E-state index is 10.2. The zero-order valence-corrected chi connectivity index (χ0v) is 9.34. The van der Waals surface area contributed by atoms with Crippen molar-refractivity contribution in [3.8, 4) is 0 Å². The van der Waals surface area contributed by atoms with Gasteiger partial charge in [-0.1, -0.05) is 26.2 Å². The molecule has 3 atom stereocenters. The van der Waals surface area contributed by atoms with Crippen LogP contribution in [0, 0.1) is 11.8 Å². The molecule has 1 saturated carbocycles. The number of rotatable bonds is 3. The summed E-state index contributed by atoms with van der Waals surface area (Å²) >= 11 is 0. The maximum absolute atomic E-state index is 10.2. The molecule has 84 valence electrons. The van der Waals surface area contributed by atoms with Crippen LogP contribution in [0.1, 0.15) is 32.6 Å². The molecule has 1 aromatic rings. The average molecular weight is 208 g/mol. The second-order valence-electron chi connectivity index (χ2n) is 4.75. The third-order valence-electron chi connectivity index (χ3n) is 3.63. The quantitative estimate of drug-likeness (QED) is 0.825. The summed E-state index contributed by atoms with van der Waals surface area (Å²) in [5.74, 6) is 1.14. The number of hydrogen-bond donors (Lipinski definition) is 1. The molecule has 15 heavy (non-hydrogen) atoms. The number of hydrogen-bond acceptors (Lipinski definition) is 2. The van der Waals surface area contributed by atoms with E-state index in [4.69, 9.17) is 0 Å². The molecule has 1 aromatic heterocycles. The van der Waals surface area contributed by atoms with Gasteiger partial charge < -0.3 is 9.67 Å². The van der Waals surface area contributed by atoms with Crippen molar-refractivity contribution in [3.05, 3.63) is 18.7 Å². The highest BCUT2D eigenvalue weighted by atomic mass is 16.3. The van der Waals surface area contributed by atoms with Gasteiger partial charge in [0.25, 0.3) is 0 Å². The zero-order valence-electron chi connectivity index (χ0n) is 9.34. The summed E-state index contributed by atoms with van der Waals surface area (Å²) in [6, 6.07) is 0. The van der Waals surface area contributed by atoms with Crippen molar-refractivity contribution >= 4 is 0 Å². The number of nitrogens with zero attached hydrogens (tertiary/aromatic N) is 2. The van der Waals surface area contributed by atoms with Crippen molar-refractivity contribution in [1.29, 1.82) is 0 Å². The standard InChI is InChI=1S/C12H20N2O/c1-10-4-2-3-5-11(10)12(15)8-14-7-6-13-9-14/h6-7,9-12,15H,2-5,8H2,1H3. The van der Waals surface area contributed by atoms with Gasteiger partial charge in [0.15, 0.2) is 0 Å². The summed E-state index contributed by atoms with van der Waals surface area (Å²) < 4.78 is 1.96. The van der Waals surface area contributed by atoms with Crippen LogP contribution in [0.15, 0.2) is 18.7 Å². The topological polar surface area (TPSA) is 38.0 Å². The molecular formula is C12H20N2O. The second kappa shape index (κ2) is 4.79. The van der Waals surface area contributed by atoms with E-state index in [-0.39, 0.29) is 6.10 Å². The average Bonchev–Trinajstić information content (AvgIpc) is 2.71. The van der Waals surface area contributed by atoms with Crippen LogP contribution >= 0.6 is 0 Å². The van der Waals surface area contributed by atoms with Gasteiger partial charge in [0.2, 0.25) is 0 Å². The largest absolute Gasteiger partial charge is 0.391 e. The third kappa shape index (κ3) is 2.59. The summed E-state index contributed by atoms with van der Waals surface area (Å²) in [7, 11) is 0. The minimum atomic E-state index is -0.213. The van der Waals surface area contributed by atoms with E-state index in [1.165, 1.54) is 25.7 Å². The first-order valence-corrected chi connectivity index (χ1v) is 5.91. The molecule has 0 aromatic carbocycles. The molecule has 1 aliphatic carbocycles. The minimum absolute atomic E-state index is 0.213. The van der Waals surface area contributed by atoms with E-state index in [0.29, 0.717) is 18.4 Å². The van der Waals surface area contributed by atoms with E-state index in [2.05, 4.69) is 11.9 Å². The number of aliphatic hydroxyl groups excluding tert-OH is 1. The van der Waals surface area contributed by atoms with Crippen LogP contribution in [-0.2, 0) is 6.54 Å². The fourth-order valence-corrected chi connectivity index (χ4v) is 2.66. The smallest absolute Gasteiger partial charge is 0.0946 e. The summed E-state index contributed by atoms with van der Waals surface area (Å²) in [6.07, 6.45) is 10.3. The SMILES string of the molecule is CC1CCCCC1C(O)Cn1ccnc1. The fourth-order valence-electron chi connectivity index (χ4n) is 2.66. The lowest BCUT2D eigenvalue weighted by atomic mass is 9.77. The van der Waals surface area contributed by atoms with Gasteiger partial charge in [-0.2, -0.15) is 0 Å². The molecule has 0 amide bonds. The molecule has 0 radical (unpaired) electrons. The van der Waals surface area contributed by atoms with Gasteiger partial charge in [-0.3, -0.25) is 0 Å². The molecular weight excluding hydrogens is 188 g/mol. The normalized spacial score (nSPS) is 28.9. The van der Waals surface area contributed by atoms with Crippen LogP contribution in [0.3, 0.4) is 0 Å². The van der Waals surface area contributed by atoms with Gasteiger partial charge in [0.05, 0.1) is 12.4 Å². The zero-order chi connectivity index (χ0) is 10.7. The second-order valence-corrected chi connectivity index (χ2v) is 4.75. The van der Waals surface area contributed by atoms with Crippen LogP contribution < -0.4 is 0 Å². The Bertz CT molecular complexity index is 284. The predicted octanol–water partition coefficient (Wildman–Crippen LogP) is 2.07. The monoisotopic (exact) mass is 208 g/mol. The van der Waals surface area contributed by atoms with Gasteiger partial charge in [0.1, 0.15) is 0 Å². The number of imidazole rings is 1. The van der Waals surface area contributed by atoms with E-state index in [1.54, 1.807) is 12.5 Å². The van der Waals surface area contributed by atoms with E-state index >= 15 is 0 Å². The lowest BCUT2D eigenvalue weighted by molar-refractivity contribution is 0.0409. The third-order valence-corrected chi connectivity index (χ3v) is 3.63. The predicted molar refractivity (Wildman–Crippen MR) is 59.4 cm³/mol. The Morgan fingerprint density at radius 3 is 2.93 bits per heavy atom. The molecule has 3 heteroatoms. The molecule has 3 unspecified atom stereocenters. The Hall–Kier alpha value is -0.830. The van der Waals surface area contributed by atoms with Crippen molar-refractivity contribution in [2.75, 3.05) is 0 Å². The Labute approximate surface area is 91.1 Å². The van der Waals surface area contributed by atoms with Crippen LogP contribution in [0.2, 0.25) is 0 Å². The van der Waals surface area contributed by atoms with Crippen molar-refractivity contribution in [2.24, 2.45) is 11.8 Å². The highest BCUT2D eigenvalue weighted by molar-refractivity contribution is 4.81. The Morgan fingerprint density at radius 1 is 1.47 bits per heavy atom. The molecule has 2 rings (SSSR count). The minimum Gasteiger partial charge on any atom is -0.391 e. The van der Waals surface area contributed by atoms with Gasteiger partial charge in [-0.05, 0) is 18.3 Å². The maximum Gasteiger partial charge on any atom is 0.0946 e. The Balaban J connectivity index is 1.91. The first-order chi connectivity index (χ1) is 7.27. The van der Waals surface area contributed by atoms with E-state index in [0.717, 1.165) is 0 Å². The van der Waals surface area contributed by atoms with Gasteiger partial charge in [0, 0.05) is 18.9 Å². The molecule has 3 nitrogen and oxygen atoms in total. The highest BCUT2D eigenvalue weighted by Crippen LogP contribution is 2.32. The first-order valence-electron chi connectivity index (χ1n) is 5.91. The van der Waals surface area contributed by atoms with Crippen LogP contribution in [0.5, 0.6) is 0 Å². The Morgan fingerprint density at radius 2 is 2.27 bits per heavy atom. The lowest BCUT2D eigenvalue weighted by Crippen LogP contribution is -2.32. The number of aromatic nitrogens is 2. The van der Waals surface area contributed by atoms with Gasteiger partial charge in [-0.25, -0.2) is 4.98 Å². The summed E-state index contributed by atoms with van der Waals surface area (Å²) in [5, 5.41) is 10.2. The molecule has 0 aliphatic heterocycles. The molecule has 1 fully saturated rings. The lowest BCUT2D eigenvalue weighted by Gasteiger charge is -2.32. The highest BCUT2D eigenvalue weighted by Gasteiger charge is 2.27. The Kier molecular flexibility index (Phi) is 3.41. The van der Waals surface area contributed by atoms with E-state index < -0.39 is 0 Å². The van der Waals surface area contributed by atoms with Crippen LogP contribution in [0.25, 0.3) is 0 Å². The van der Waals surface area contributed by atoms with Crippen molar-refractivity contribution in [3.63, 3.8) is 0 Å². The molecule has 1 N–H and O–H groups in total. The summed E-state index contributed by atoms with van der Waals surface area (Å²) in [6.45, 7) is 2.95. The summed E-state index contributed by atoms with van der Waals surface area (Å²) in [5.41, 5.74) is 0. The number of aliphatic hydroxyl groups is 1. The van der Waals surface area contributed by atoms with E-state index in [1.807, 2.05) is 10.8 Å². The van der Waals surface area contributed by atoms with Crippen LogP contribution in [-0.4, -0.2) is 20.8 Å². The molecule has 0 bridgehead atoms. The fraction of sp³-hybridized carbons (Fsp3) is 0.750. The van der Waals surface area contributed by atoms with Gasteiger partial charge >= 0.3 is 0 Å². The molecule has 0 saturated heterocycles. The molecule has 0 spiro atoms. The van der Waals surface area contributed by atoms with Crippen molar-refractivity contribution in [1.82, 2.24) is 9.55 Å². The molecule has 1 heterocycles. The van der Waals surface area contributed by atoms with E-state index in [9.17, 15) is 5.11 Å².